The molecular weight excluding hydrogens is 347 g/mol. The third kappa shape index (κ3) is 6.68. The molecule has 23 heavy (non-hydrogen) atoms. The summed E-state index contributed by atoms with van der Waals surface area (Å²) in [5.41, 5.74) is 2.56. The molecule has 0 unspecified atom stereocenters. The van der Waals surface area contributed by atoms with Gasteiger partial charge in [0.05, 0.1) is 0 Å². The molecule has 0 amide bonds. The first-order valence-corrected chi connectivity index (χ1v) is 9.76. The van der Waals surface area contributed by atoms with Gasteiger partial charge in [-0.25, -0.2) is 0 Å². The number of hydrogen-bond donors (Lipinski definition) is 2. The van der Waals surface area contributed by atoms with E-state index in [1.165, 1.54) is 20.3 Å². The van der Waals surface area contributed by atoms with Gasteiger partial charge in [-0.1, -0.05) is 0 Å². The molecule has 3 heteroatoms. The Kier molecular flexibility index (Phi) is 5.44. The Morgan fingerprint density at radius 3 is 1.13 bits per heavy atom. The summed E-state index contributed by atoms with van der Waals surface area (Å²) in [6.07, 6.45) is 0. The second-order valence-corrected chi connectivity index (χ2v) is 10.3. The molecule has 2 rings (SSSR count). The molecule has 2 nitrogen and oxygen atoms in total. The van der Waals surface area contributed by atoms with E-state index in [9.17, 15) is 0 Å². The molecule has 0 aromatic heterocycles. The van der Waals surface area contributed by atoms with Gasteiger partial charge in [-0.3, -0.25) is 0 Å². The van der Waals surface area contributed by atoms with Gasteiger partial charge in [0, 0.05) is 0 Å². The molecule has 0 aliphatic rings. The van der Waals surface area contributed by atoms with Crippen molar-refractivity contribution in [2.75, 3.05) is 10.6 Å². The summed E-state index contributed by atoms with van der Waals surface area (Å²) >= 11 is 0.348. The zero-order chi connectivity index (χ0) is 17.1. The molecule has 0 radical (unpaired) electrons. The van der Waals surface area contributed by atoms with Crippen LogP contribution in [0.25, 0.3) is 0 Å². The van der Waals surface area contributed by atoms with Crippen molar-refractivity contribution in [3.05, 3.63) is 48.5 Å². The minimum atomic E-state index is 0.0997. The van der Waals surface area contributed by atoms with E-state index in [0.29, 0.717) is 15.0 Å². The van der Waals surface area contributed by atoms with Gasteiger partial charge < -0.3 is 0 Å². The summed E-state index contributed by atoms with van der Waals surface area (Å²) in [4.78, 5) is 0. The average Bonchev–Trinajstić information content (AvgIpc) is 2.40. The molecule has 0 spiro atoms. The van der Waals surface area contributed by atoms with Crippen LogP contribution in [0.4, 0.5) is 11.4 Å². The molecule has 2 aromatic rings. The average molecular weight is 375 g/mol. The van der Waals surface area contributed by atoms with Gasteiger partial charge >= 0.3 is 147 Å². The molecule has 0 aliphatic carbocycles. The standard InChI is InChI=1S/C20H28N2Se/c1-19(2,3)21-15-7-11-17(12-8-15)23-18-13-9-16(10-14-18)22-20(4,5)6/h7-14,21-22H,1-6H3. The monoisotopic (exact) mass is 376 g/mol. The van der Waals surface area contributed by atoms with Crippen LogP contribution in [0.5, 0.6) is 0 Å². The van der Waals surface area contributed by atoms with Crippen molar-refractivity contribution in [2.45, 2.75) is 52.6 Å². The van der Waals surface area contributed by atoms with E-state index in [1.54, 1.807) is 0 Å². The second kappa shape index (κ2) is 6.98. The predicted molar refractivity (Wildman–Crippen MR) is 105 cm³/mol. The number of nitrogens with one attached hydrogen (secondary N) is 2. The van der Waals surface area contributed by atoms with E-state index >= 15 is 0 Å². The maximum atomic E-state index is 3.50. The van der Waals surface area contributed by atoms with Crippen LogP contribution in [0.1, 0.15) is 41.5 Å². The molecular formula is C20H28N2Se. The fourth-order valence-corrected chi connectivity index (χ4v) is 3.93. The van der Waals surface area contributed by atoms with Gasteiger partial charge in [-0.2, -0.15) is 0 Å². The Hall–Kier alpha value is -1.44. The van der Waals surface area contributed by atoms with E-state index in [-0.39, 0.29) is 11.1 Å². The van der Waals surface area contributed by atoms with Crippen LogP contribution in [0.3, 0.4) is 0 Å². The SMILES string of the molecule is CC(C)(C)Nc1ccc([Se]c2ccc(NC(C)(C)C)cc2)cc1. The Morgan fingerprint density at radius 1 is 0.565 bits per heavy atom. The van der Waals surface area contributed by atoms with Gasteiger partial charge in [0.25, 0.3) is 0 Å². The summed E-state index contributed by atoms with van der Waals surface area (Å²) in [5, 5.41) is 7.00. The van der Waals surface area contributed by atoms with E-state index < -0.39 is 0 Å². The maximum absolute atomic E-state index is 3.50. The van der Waals surface area contributed by atoms with E-state index in [4.69, 9.17) is 0 Å². The topological polar surface area (TPSA) is 24.1 Å². The molecule has 0 heterocycles. The molecule has 0 saturated carbocycles. The molecule has 0 bridgehead atoms. The zero-order valence-corrected chi connectivity index (χ0v) is 16.7. The Morgan fingerprint density at radius 2 is 0.870 bits per heavy atom. The van der Waals surface area contributed by atoms with Crippen LogP contribution in [0.2, 0.25) is 0 Å². The first-order valence-electron chi connectivity index (χ1n) is 8.05. The Balaban J connectivity index is 1.99. The number of hydrogen-bond acceptors (Lipinski definition) is 2. The summed E-state index contributed by atoms with van der Waals surface area (Å²) in [6.45, 7) is 13.1. The minimum absolute atomic E-state index is 0.0997. The van der Waals surface area contributed by atoms with Gasteiger partial charge in [-0.05, 0) is 0 Å². The van der Waals surface area contributed by atoms with Crippen molar-refractivity contribution in [1.29, 1.82) is 0 Å². The van der Waals surface area contributed by atoms with Crippen LogP contribution in [-0.2, 0) is 0 Å². The zero-order valence-electron chi connectivity index (χ0n) is 15.0. The van der Waals surface area contributed by atoms with Crippen molar-refractivity contribution in [3.8, 4) is 0 Å². The van der Waals surface area contributed by atoms with Crippen molar-refractivity contribution in [1.82, 2.24) is 0 Å². The molecule has 124 valence electrons. The van der Waals surface area contributed by atoms with Gasteiger partial charge in [0.1, 0.15) is 0 Å². The number of benzene rings is 2. The molecule has 2 N–H and O–H groups in total. The van der Waals surface area contributed by atoms with E-state index in [2.05, 4.69) is 101 Å². The summed E-state index contributed by atoms with van der Waals surface area (Å²) < 4.78 is 2.79. The van der Waals surface area contributed by atoms with Crippen molar-refractivity contribution in [3.63, 3.8) is 0 Å². The van der Waals surface area contributed by atoms with Crippen molar-refractivity contribution < 1.29 is 0 Å². The predicted octanol–water partition coefficient (Wildman–Crippen LogP) is 3.76. The Bertz CT molecular complexity index is 559. The fourth-order valence-electron chi connectivity index (χ4n) is 2.21. The van der Waals surface area contributed by atoms with Crippen molar-refractivity contribution >= 4 is 35.3 Å². The summed E-state index contributed by atoms with van der Waals surface area (Å²) in [5.74, 6) is 0. The first kappa shape index (κ1) is 17.9. The fraction of sp³-hybridized carbons (Fsp3) is 0.400. The van der Waals surface area contributed by atoms with Gasteiger partial charge in [0.15, 0.2) is 0 Å². The van der Waals surface area contributed by atoms with Gasteiger partial charge in [0.2, 0.25) is 0 Å². The van der Waals surface area contributed by atoms with Gasteiger partial charge in [-0.15, -0.1) is 0 Å². The first-order chi connectivity index (χ1) is 10.6. The molecule has 0 atom stereocenters. The third-order valence-electron chi connectivity index (χ3n) is 2.98. The van der Waals surface area contributed by atoms with Crippen LogP contribution in [-0.4, -0.2) is 26.0 Å². The van der Waals surface area contributed by atoms with E-state index in [1.807, 2.05) is 0 Å². The Labute approximate surface area is 147 Å². The third-order valence-corrected chi connectivity index (χ3v) is 5.11. The quantitative estimate of drug-likeness (QED) is 0.795. The number of rotatable bonds is 4. The molecule has 0 saturated heterocycles. The number of anilines is 2. The molecule has 0 fully saturated rings. The summed E-state index contributed by atoms with van der Waals surface area (Å²) in [6, 6.07) is 17.6. The van der Waals surface area contributed by atoms with Crippen LogP contribution >= 0.6 is 0 Å². The second-order valence-electron chi connectivity index (χ2n) is 7.90. The van der Waals surface area contributed by atoms with Crippen LogP contribution < -0.4 is 19.6 Å². The normalized spacial score (nSPS) is 12.1. The summed E-state index contributed by atoms with van der Waals surface area (Å²) in [7, 11) is 0. The van der Waals surface area contributed by atoms with Crippen molar-refractivity contribution in [2.24, 2.45) is 0 Å². The van der Waals surface area contributed by atoms with E-state index in [0.717, 1.165) is 0 Å². The molecule has 0 aliphatic heterocycles. The molecule has 2 aromatic carbocycles. The van der Waals surface area contributed by atoms with Crippen LogP contribution in [0, 0.1) is 0 Å². The van der Waals surface area contributed by atoms with Crippen LogP contribution in [0.15, 0.2) is 48.5 Å².